The maximum atomic E-state index is 6.70. The van der Waals surface area contributed by atoms with Crippen molar-refractivity contribution in [2.24, 2.45) is 0 Å². The summed E-state index contributed by atoms with van der Waals surface area (Å²) >= 11 is 0. The van der Waals surface area contributed by atoms with E-state index in [4.69, 9.17) is 19.4 Å². The molecule has 0 amide bonds. The number of furan rings is 1. The number of hydrogen-bond acceptors (Lipinski definition) is 4. The molecule has 0 radical (unpaired) electrons. The van der Waals surface area contributed by atoms with Crippen LogP contribution in [0.4, 0.5) is 0 Å². The zero-order valence-corrected chi connectivity index (χ0v) is 31.0. The third-order valence-electron chi connectivity index (χ3n) is 11.5. The predicted octanol–water partition coefficient (Wildman–Crippen LogP) is 13.6. The van der Waals surface area contributed by atoms with Crippen LogP contribution in [0.15, 0.2) is 180 Å². The van der Waals surface area contributed by atoms with Gasteiger partial charge in [-0.15, -0.1) is 0 Å². The van der Waals surface area contributed by atoms with Gasteiger partial charge in [0.25, 0.3) is 0 Å². The highest BCUT2D eigenvalue weighted by Crippen LogP contribution is 2.49. The van der Waals surface area contributed by atoms with Crippen LogP contribution in [0.1, 0.15) is 25.0 Å². The zero-order chi connectivity index (χ0) is 37.4. The molecule has 0 unspecified atom stereocenters. The van der Waals surface area contributed by atoms with Gasteiger partial charge in [-0.3, -0.25) is 0 Å². The Morgan fingerprint density at radius 2 is 0.929 bits per heavy atom. The SMILES string of the molecule is CC1(C)c2ccccc2-c2cc(-c3nc(-c4cccc(-c5ccccc5)c4)nc(-c4cc5c6ccc(-c7ccccc7)cc6oc5c5ccccc45)n3)ccc21. The Bertz CT molecular complexity index is 3160. The Morgan fingerprint density at radius 1 is 0.357 bits per heavy atom. The first kappa shape index (κ1) is 32.3. The minimum atomic E-state index is -0.0959. The van der Waals surface area contributed by atoms with Crippen molar-refractivity contribution in [1.82, 2.24) is 15.0 Å². The smallest absolute Gasteiger partial charge is 0.164 e. The maximum absolute atomic E-state index is 6.70. The summed E-state index contributed by atoms with van der Waals surface area (Å²) in [6.07, 6.45) is 0. The molecular weight excluding hydrogens is 683 g/mol. The van der Waals surface area contributed by atoms with Crippen LogP contribution in [0, 0.1) is 0 Å². The molecule has 0 bridgehead atoms. The lowest BCUT2D eigenvalue weighted by Crippen LogP contribution is -2.14. The van der Waals surface area contributed by atoms with Crippen LogP contribution in [-0.2, 0) is 5.41 Å². The van der Waals surface area contributed by atoms with Crippen molar-refractivity contribution in [1.29, 1.82) is 0 Å². The van der Waals surface area contributed by atoms with Crippen molar-refractivity contribution in [3.05, 3.63) is 187 Å². The molecule has 0 atom stereocenters. The highest BCUT2D eigenvalue weighted by Gasteiger charge is 2.35. The molecule has 11 rings (SSSR count). The number of nitrogens with zero attached hydrogens (tertiary/aromatic N) is 3. The van der Waals surface area contributed by atoms with Crippen molar-refractivity contribution in [2.75, 3.05) is 0 Å². The molecule has 4 nitrogen and oxygen atoms in total. The lowest BCUT2D eigenvalue weighted by molar-refractivity contribution is 0.660. The van der Waals surface area contributed by atoms with Gasteiger partial charge in [-0.25, -0.2) is 15.0 Å². The van der Waals surface area contributed by atoms with Crippen LogP contribution >= 0.6 is 0 Å². The summed E-state index contributed by atoms with van der Waals surface area (Å²) in [6.45, 7) is 4.61. The van der Waals surface area contributed by atoms with Crippen LogP contribution < -0.4 is 0 Å². The lowest BCUT2D eigenvalue weighted by Gasteiger charge is -2.21. The normalized spacial score (nSPS) is 13.0. The number of benzene rings is 8. The number of aromatic nitrogens is 3. The molecule has 0 spiro atoms. The maximum Gasteiger partial charge on any atom is 0.164 e. The third-order valence-corrected chi connectivity index (χ3v) is 11.5. The van der Waals surface area contributed by atoms with Gasteiger partial charge < -0.3 is 4.42 Å². The second kappa shape index (κ2) is 12.4. The summed E-state index contributed by atoms with van der Waals surface area (Å²) in [6, 6.07) is 61.9. The Labute approximate surface area is 324 Å². The molecule has 1 aliphatic carbocycles. The molecule has 0 saturated carbocycles. The molecule has 264 valence electrons. The quantitative estimate of drug-likeness (QED) is 0.178. The summed E-state index contributed by atoms with van der Waals surface area (Å²) in [5.41, 5.74) is 14.1. The number of fused-ring (bicyclic) bond motifs is 8. The van der Waals surface area contributed by atoms with Gasteiger partial charge in [-0.2, -0.15) is 0 Å². The van der Waals surface area contributed by atoms with Crippen LogP contribution in [0.25, 0.3) is 100 Å². The topological polar surface area (TPSA) is 51.8 Å². The summed E-state index contributed by atoms with van der Waals surface area (Å²) in [7, 11) is 0. The molecule has 2 aromatic heterocycles. The second-order valence-corrected chi connectivity index (χ2v) is 15.2. The zero-order valence-electron chi connectivity index (χ0n) is 31.0. The minimum Gasteiger partial charge on any atom is -0.455 e. The fourth-order valence-electron chi connectivity index (χ4n) is 8.68. The minimum absolute atomic E-state index is 0.0959. The van der Waals surface area contributed by atoms with E-state index in [-0.39, 0.29) is 5.41 Å². The van der Waals surface area contributed by atoms with Gasteiger partial charge in [0.05, 0.1) is 0 Å². The molecule has 2 heterocycles. The first-order chi connectivity index (χ1) is 27.5. The Morgan fingerprint density at radius 3 is 1.70 bits per heavy atom. The molecule has 56 heavy (non-hydrogen) atoms. The van der Waals surface area contributed by atoms with Crippen molar-refractivity contribution < 1.29 is 4.42 Å². The first-order valence-electron chi connectivity index (χ1n) is 19.1. The van der Waals surface area contributed by atoms with E-state index in [0.29, 0.717) is 17.5 Å². The van der Waals surface area contributed by atoms with E-state index >= 15 is 0 Å². The van der Waals surface area contributed by atoms with Gasteiger partial charge in [0, 0.05) is 38.3 Å². The summed E-state index contributed by atoms with van der Waals surface area (Å²) in [5.74, 6) is 1.87. The van der Waals surface area contributed by atoms with E-state index < -0.39 is 0 Å². The van der Waals surface area contributed by atoms with Crippen molar-refractivity contribution in [3.8, 4) is 67.5 Å². The molecule has 0 aliphatic heterocycles. The van der Waals surface area contributed by atoms with Crippen molar-refractivity contribution in [3.63, 3.8) is 0 Å². The molecule has 0 N–H and O–H groups in total. The molecule has 10 aromatic rings. The van der Waals surface area contributed by atoms with Gasteiger partial charge in [-0.1, -0.05) is 159 Å². The number of hydrogen-bond donors (Lipinski definition) is 0. The van der Waals surface area contributed by atoms with E-state index in [9.17, 15) is 0 Å². The summed E-state index contributed by atoms with van der Waals surface area (Å²) in [4.78, 5) is 15.8. The summed E-state index contributed by atoms with van der Waals surface area (Å²) in [5, 5.41) is 4.12. The summed E-state index contributed by atoms with van der Waals surface area (Å²) < 4.78 is 6.70. The van der Waals surface area contributed by atoms with Crippen LogP contribution in [0.3, 0.4) is 0 Å². The average molecular weight is 718 g/mol. The van der Waals surface area contributed by atoms with Gasteiger partial charge in [0.2, 0.25) is 0 Å². The van der Waals surface area contributed by atoms with E-state index in [1.54, 1.807) is 0 Å². The average Bonchev–Trinajstić information content (AvgIpc) is 3.75. The molecule has 0 fully saturated rings. The second-order valence-electron chi connectivity index (χ2n) is 15.2. The standard InChI is InChI=1S/C52H35N3O/c1-52(2)45-23-12-11-21-39(45)42-29-37(25-27-46(42)52)50-53-49(36-19-13-18-34(28-36)32-14-5-3-6-15-32)54-51(55-50)44-31-43-40-26-24-35(33-16-7-4-8-17-33)30-47(40)56-48(43)41-22-10-9-20-38(41)44/h3-31H,1-2H3. The highest BCUT2D eigenvalue weighted by atomic mass is 16.3. The Kier molecular flexibility index (Phi) is 7.17. The molecule has 4 heteroatoms. The van der Waals surface area contributed by atoms with Crippen molar-refractivity contribution in [2.45, 2.75) is 19.3 Å². The highest BCUT2D eigenvalue weighted by molar-refractivity contribution is 6.19. The lowest BCUT2D eigenvalue weighted by atomic mass is 9.82. The first-order valence-corrected chi connectivity index (χ1v) is 19.1. The van der Waals surface area contributed by atoms with E-state index in [2.05, 4.69) is 178 Å². The fraction of sp³-hybridized carbons (Fsp3) is 0.0577. The van der Waals surface area contributed by atoms with Gasteiger partial charge in [0.15, 0.2) is 17.5 Å². The Hall–Kier alpha value is -7.17. The largest absolute Gasteiger partial charge is 0.455 e. The monoisotopic (exact) mass is 717 g/mol. The van der Waals surface area contributed by atoms with Crippen LogP contribution in [0.5, 0.6) is 0 Å². The van der Waals surface area contributed by atoms with Crippen LogP contribution in [-0.4, -0.2) is 15.0 Å². The van der Waals surface area contributed by atoms with Gasteiger partial charge in [0.1, 0.15) is 11.2 Å². The molecular formula is C52H35N3O. The Balaban J connectivity index is 1.14. The van der Waals surface area contributed by atoms with E-state index in [1.807, 2.05) is 12.1 Å². The third kappa shape index (κ3) is 5.10. The molecule has 0 saturated heterocycles. The van der Waals surface area contributed by atoms with E-state index in [0.717, 1.165) is 71.7 Å². The molecule has 1 aliphatic rings. The fourth-order valence-corrected chi connectivity index (χ4v) is 8.68. The number of rotatable bonds is 5. The van der Waals surface area contributed by atoms with E-state index in [1.165, 1.54) is 22.3 Å². The predicted molar refractivity (Wildman–Crippen MR) is 229 cm³/mol. The van der Waals surface area contributed by atoms with Crippen molar-refractivity contribution >= 4 is 32.7 Å². The molecule has 8 aromatic carbocycles. The van der Waals surface area contributed by atoms with Gasteiger partial charge >= 0.3 is 0 Å². The van der Waals surface area contributed by atoms with Gasteiger partial charge in [-0.05, 0) is 80.2 Å². The van der Waals surface area contributed by atoms with Crippen LogP contribution in [0.2, 0.25) is 0 Å².